The van der Waals surface area contributed by atoms with E-state index in [-0.39, 0.29) is 25.0 Å². The molecule has 0 saturated carbocycles. The first-order valence-electron chi connectivity index (χ1n) is 12.5. The maximum Gasteiger partial charge on any atom is 0.311 e. The Morgan fingerprint density at radius 2 is 1.81 bits per heavy atom. The second-order valence-electron chi connectivity index (χ2n) is 11.3. The molecule has 4 aliphatic heterocycles. The number of carbonyl (C=O) groups is 3. The topological polar surface area (TPSA) is 87.2 Å². The van der Waals surface area contributed by atoms with E-state index in [2.05, 4.69) is 0 Å². The molecule has 0 aromatic heterocycles. The van der Waals surface area contributed by atoms with Crippen molar-refractivity contribution in [3.63, 3.8) is 0 Å². The monoisotopic (exact) mass is 510 g/mol. The number of hydrogen-bond acceptors (Lipinski definition) is 6. The normalized spacial score (nSPS) is 34.6. The summed E-state index contributed by atoms with van der Waals surface area (Å²) in [5, 5.41) is 10.5. The van der Waals surface area contributed by atoms with Gasteiger partial charge in [0.2, 0.25) is 11.8 Å². The fourth-order valence-corrected chi connectivity index (χ4v) is 8.57. The Balaban J connectivity index is 1.66. The van der Waals surface area contributed by atoms with E-state index in [9.17, 15) is 19.5 Å². The molecular weight excluding hydrogens is 476 g/mol. The molecule has 2 fully saturated rings. The molecular formula is C28H34N2O5S. The summed E-state index contributed by atoms with van der Waals surface area (Å²) in [6, 6.07) is 8.22. The van der Waals surface area contributed by atoms with Gasteiger partial charge in [-0.2, -0.15) is 0 Å². The number of aliphatic hydroxyl groups excluding tert-OH is 1. The van der Waals surface area contributed by atoms with E-state index in [0.717, 1.165) is 5.56 Å². The van der Waals surface area contributed by atoms with Gasteiger partial charge in [0.1, 0.15) is 12.6 Å². The fraction of sp³-hybridized carbons (Fsp3) is 0.536. The van der Waals surface area contributed by atoms with Gasteiger partial charge in [0.15, 0.2) is 0 Å². The summed E-state index contributed by atoms with van der Waals surface area (Å²) < 4.78 is 3.85. The lowest BCUT2D eigenvalue weighted by atomic mass is 9.75. The molecule has 36 heavy (non-hydrogen) atoms. The van der Waals surface area contributed by atoms with E-state index < -0.39 is 44.9 Å². The minimum Gasteiger partial charge on any atom is -0.461 e. The van der Waals surface area contributed by atoms with Crippen LogP contribution in [-0.2, 0) is 25.5 Å². The Morgan fingerprint density at radius 1 is 1.08 bits per heavy atom. The summed E-state index contributed by atoms with van der Waals surface area (Å²) in [5.74, 6) is -2.32. The van der Waals surface area contributed by atoms with Crippen molar-refractivity contribution in [2.24, 2.45) is 11.8 Å². The molecule has 1 N–H and O–H groups in total. The molecule has 0 bridgehead atoms. The summed E-state index contributed by atoms with van der Waals surface area (Å²) in [5.41, 5.74) is 0.499. The molecule has 1 aromatic rings. The quantitative estimate of drug-likeness (QED) is 0.495. The first-order chi connectivity index (χ1) is 17.0. The van der Waals surface area contributed by atoms with E-state index in [1.54, 1.807) is 9.80 Å². The molecule has 1 spiro atoms. The second-order valence-corrected chi connectivity index (χ2v) is 13.1. The molecule has 4 aliphatic rings. The molecule has 2 saturated heterocycles. The third kappa shape index (κ3) is 3.72. The van der Waals surface area contributed by atoms with Crippen molar-refractivity contribution in [1.29, 1.82) is 0 Å². The van der Waals surface area contributed by atoms with Gasteiger partial charge in [-0.05, 0) is 45.8 Å². The highest BCUT2D eigenvalue weighted by Crippen LogP contribution is 2.65. The third-order valence-corrected chi connectivity index (χ3v) is 9.78. The van der Waals surface area contributed by atoms with Crippen LogP contribution in [0.5, 0.6) is 0 Å². The van der Waals surface area contributed by atoms with Gasteiger partial charge in [-0.3, -0.25) is 14.4 Å². The van der Waals surface area contributed by atoms with E-state index in [1.807, 2.05) is 82.3 Å². The van der Waals surface area contributed by atoms with Gasteiger partial charge in [0, 0.05) is 16.8 Å². The minimum atomic E-state index is -0.946. The van der Waals surface area contributed by atoms with E-state index >= 15 is 0 Å². The number of aliphatic hydroxyl groups is 1. The highest BCUT2D eigenvalue weighted by Gasteiger charge is 2.74. The number of hydrogen-bond donors (Lipinski definition) is 1. The van der Waals surface area contributed by atoms with Gasteiger partial charge in [-0.15, -0.1) is 11.8 Å². The van der Waals surface area contributed by atoms with Crippen LogP contribution in [0, 0.1) is 11.8 Å². The van der Waals surface area contributed by atoms with Crippen LogP contribution in [0.1, 0.15) is 33.3 Å². The van der Waals surface area contributed by atoms with Crippen molar-refractivity contribution >= 4 is 29.5 Å². The second kappa shape index (κ2) is 8.77. The molecule has 4 heterocycles. The van der Waals surface area contributed by atoms with Crippen LogP contribution in [0.3, 0.4) is 0 Å². The number of benzene rings is 1. The van der Waals surface area contributed by atoms with Gasteiger partial charge in [0.05, 0.1) is 29.2 Å². The summed E-state index contributed by atoms with van der Waals surface area (Å²) in [4.78, 5) is 45.4. The highest BCUT2D eigenvalue weighted by molar-refractivity contribution is 8.02. The lowest BCUT2D eigenvalue weighted by molar-refractivity contribution is -0.153. The largest absolute Gasteiger partial charge is 0.461 e. The average molecular weight is 511 g/mol. The number of likely N-dealkylation sites (tertiary alicyclic amines) is 1. The Morgan fingerprint density at radius 3 is 2.47 bits per heavy atom. The van der Waals surface area contributed by atoms with Crippen molar-refractivity contribution in [3.8, 4) is 0 Å². The zero-order valence-electron chi connectivity index (χ0n) is 21.2. The molecule has 1 aromatic carbocycles. The zero-order valence-corrected chi connectivity index (χ0v) is 22.0. The summed E-state index contributed by atoms with van der Waals surface area (Å²) in [7, 11) is 0. The summed E-state index contributed by atoms with van der Waals surface area (Å²) in [6.45, 7) is 8.21. The van der Waals surface area contributed by atoms with Gasteiger partial charge >= 0.3 is 5.97 Å². The first kappa shape index (κ1) is 25.1. The predicted molar refractivity (Wildman–Crippen MR) is 138 cm³/mol. The molecule has 1 unspecified atom stereocenters. The molecule has 6 atom stereocenters. The van der Waals surface area contributed by atoms with Crippen LogP contribution in [0.15, 0.2) is 54.6 Å². The fourth-order valence-electron chi connectivity index (χ4n) is 6.43. The van der Waals surface area contributed by atoms with Gasteiger partial charge in [-0.25, -0.2) is 0 Å². The number of carbonyl (C=O) groups excluding carboxylic acids is 3. The summed E-state index contributed by atoms with van der Waals surface area (Å²) in [6.07, 6.45) is 8.16. The average Bonchev–Trinajstić information content (AvgIpc) is 3.08. The van der Waals surface area contributed by atoms with Crippen molar-refractivity contribution < 1.29 is 24.2 Å². The molecule has 7 nitrogen and oxygen atoms in total. The van der Waals surface area contributed by atoms with Gasteiger partial charge in [-0.1, -0.05) is 48.6 Å². The zero-order chi connectivity index (χ0) is 25.9. The molecule has 0 aliphatic carbocycles. The number of nitrogens with zero attached hydrogens (tertiary/aromatic N) is 2. The number of fused-ring (bicyclic) bond motifs is 2. The van der Waals surface area contributed by atoms with Gasteiger partial charge < -0.3 is 19.6 Å². The number of amides is 2. The maximum atomic E-state index is 14.4. The number of ether oxygens (including phenoxy) is 1. The lowest BCUT2D eigenvalue weighted by Gasteiger charge is -2.42. The molecule has 8 heteroatoms. The predicted octanol–water partition coefficient (Wildman–Crippen LogP) is 2.59. The van der Waals surface area contributed by atoms with Crippen LogP contribution < -0.4 is 0 Å². The maximum absolute atomic E-state index is 14.4. The van der Waals surface area contributed by atoms with Crippen LogP contribution in [0.4, 0.5) is 0 Å². The Labute approximate surface area is 216 Å². The number of cyclic esters (lactones) is 1. The molecule has 0 radical (unpaired) electrons. The van der Waals surface area contributed by atoms with Gasteiger partial charge in [0.25, 0.3) is 0 Å². The number of esters is 1. The van der Waals surface area contributed by atoms with Crippen LogP contribution >= 0.6 is 11.8 Å². The lowest BCUT2D eigenvalue weighted by Crippen LogP contribution is -2.60. The highest BCUT2D eigenvalue weighted by atomic mass is 32.2. The van der Waals surface area contributed by atoms with Crippen LogP contribution in [0.25, 0.3) is 0 Å². The van der Waals surface area contributed by atoms with E-state index in [4.69, 9.17) is 4.74 Å². The smallest absolute Gasteiger partial charge is 0.311 e. The SMILES string of the molecule is CC(C)(C)N1CC=C[C@]23S[C@@]4(C)C=CCOC(=O)[C@H]4[C@H]2C(=O)N([C@@H](CO)Cc2ccccc2)C3C1=O. The third-order valence-electron chi connectivity index (χ3n) is 7.98. The standard InChI is InChI=1S/C28H34N2O5S/c1-26(2,3)29-14-8-13-28-20(21-25(34)35-15-9-12-27(21,4)36-28)23(32)30(22(28)24(29)33)19(17-31)16-18-10-6-5-7-11-18/h5-13,19-22,31H,14-17H2,1-4H3/t19-,20+,21-,22?,27+,28+/m1/s1. The van der Waals surface area contributed by atoms with E-state index in [0.29, 0.717) is 13.0 Å². The number of thioether (sulfide) groups is 1. The van der Waals surface area contributed by atoms with Crippen molar-refractivity contribution in [3.05, 3.63) is 60.2 Å². The van der Waals surface area contributed by atoms with Crippen molar-refractivity contribution in [2.75, 3.05) is 19.8 Å². The molecule has 2 amide bonds. The Kier molecular flexibility index (Phi) is 6.11. The Hall–Kier alpha value is -2.58. The summed E-state index contributed by atoms with van der Waals surface area (Å²) >= 11 is 1.52. The van der Waals surface area contributed by atoms with E-state index in [1.165, 1.54) is 11.8 Å². The molecule has 192 valence electrons. The van der Waals surface area contributed by atoms with Crippen LogP contribution in [-0.4, -0.2) is 79.6 Å². The number of rotatable bonds is 4. The Bertz CT molecular complexity index is 1130. The first-order valence-corrected chi connectivity index (χ1v) is 13.4. The van der Waals surface area contributed by atoms with Crippen molar-refractivity contribution in [2.45, 2.75) is 61.2 Å². The van der Waals surface area contributed by atoms with Crippen molar-refractivity contribution in [1.82, 2.24) is 9.80 Å². The van der Waals surface area contributed by atoms with Crippen LogP contribution in [0.2, 0.25) is 0 Å². The minimum absolute atomic E-state index is 0.153. The molecule has 5 rings (SSSR count).